The van der Waals surface area contributed by atoms with Gasteiger partial charge in [-0.1, -0.05) is 18.2 Å². The van der Waals surface area contributed by atoms with Gasteiger partial charge in [-0.25, -0.2) is 14.5 Å². The lowest BCUT2D eigenvalue weighted by molar-refractivity contribution is 0.0830. The standard InChI is InChI=1S/C24H25N5O4/c1-3-29-22(13-18(27-29)17-6-4-5-7-21(17)31-2)26-24(30)33-14-16-8-9-20-19(12-16)25-23-15-32-11-10-28(20)23/h4-9,12-13H,3,10-11,14-15H2,1-2H3,(H,26,30). The van der Waals surface area contributed by atoms with E-state index in [0.717, 1.165) is 40.3 Å². The lowest BCUT2D eigenvalue weighted by Gasteiger charge is -2.14. The first-order valence-corrected chi connectivity index (χ1v) is 10.9. The molecule has 0 bridgehead atoms. The van der Waals surface area contributed by atoms with E-state index in [1.165, 1.54) is 0 Å². The van der Waals surface area contributed by atoms with Gasteiger partial charge >= 0.3 is 6.09 Å². The second-order valence-corrected chi connectivity index (χ2v) is 7.69. The van der Waals surface area contributed by atoms with Gasteiger partial charge in [-0.3, -0.25) is 5.32 Å². The van der Waals surface area contributed by atoms with Gasteiger partial charge in [0.2, 0.25) is 0 Å². The van der Waals surface area contributed by atoms with Gasteiger partial charge in [-0.2, -0.15) is 5.10 Å². The molecular formula is C24H25N5O4. The van der Waals surface area contributed by atoms with Gasteiger partial charge < -0.3 is 18.8 Å². The molecule has 0 radical (unpaired) electrons. The van der Waals surface area contributed by atoms with Crippen LogP contribution < -0.4 is 10.1 Å². The second kappa shape index (κ2) is 8.95. The maximum absolute atomic E-state index is 12.5. The summed E-state index contributed by atoms with van der Waals surface area (Å²) in [6.07, 6.45) is -0.547. The summed E-state index contributed by atoms with van der Waals surface area (Å²) < 4.78 is 20.3. The Morgan fingerprint density at radius 3 is 2.94 bits per heavy atom. The highest BCUT2D eigenvalue weighted by Gasteiger charge is 2.17. The van der Waals surface area contributed by atoms with Crippen LogP contribution in [0, 0.1) is 0 Å². The predicted molar refractivity (Wildman–Crippen MR) is 123 cm³/mol. The number of amides is 1. The SMILES string of the molecule is CCn1nc(-c2ccccc2OC)cc1NC(=O)OCc1ccc2c(c1)nc1n2CCOC1. The molecule has 0 spiro atoms. The van der Waals surface area contributed by atoms with Crippen LogP contribution in [-0.4, -0.2) is 39.1 Å². The normalized spacial score (nSPS) is 13.0. The average molecular weight is 447 g/mol. The lowest BCUT2D eigenvalue weighted by Crippen LogP contribution is -2.16. The zero-order valence-corrected chi connectivity index (χ0v) is 18.6. The number of ether oxygens (including phenoxy) is 3. The molecule has 1 N–H and O–H groups in total. The predicted octanol–water partition coefficient (Wildman–Crippen LogP) is 4.21. The van der Waals surface area contributed by atoms with Crippen LogP contribution in [0.1, 0.15) is 18.3 Å². The van der Waals surface area contributed by atoms with Crippen molar-refractivity contribution in [1.82, 2.24) is 19.3 Å². The van der Waals surface area contributed by atoms with Gasteiger partial charge in [0.25, 0.3) is 0 Å². The van der Waals surface area contributed by atoms with Gasteiger partial charge in [0, 0.05) is 24.7 Å². The van der Waals surface area contributed by atoms with Crippen LogP contribution >= 0.6 is 0 Å². The maximum Gasteiger partial charge on any atom is 0.413 e. The van der Waals surface area contributed by atoms with Gasteiger partial charge in [-0.15, -0.1) is 0 Å². The van der Waals surface area contributed by atoms with Crippen molar-refractivity contribution in [3.8, 4) is 17.0 Å². The third-order valence-electron chi connectivity index (χ3n) is 5.64. The lowest BCUT2D eigenvalue weighted by atomic mass is 10.1. The van der Waals surface area contributed by atoms with E-state index in [2.05, 4.69) is 20.0 Å². The Hall–Kier alpha value is -3.85. The summed E-state index contributed by atoms with van der Waals surface area (Å²) in [5.41, 5.74) is 4.38. The van der Waals surface area contributed by atoms with E-state index in [9.17, 15) is 4.79 Å². The Bertz CT molecular complexity index is 1310. The van der Waals surface area contributed by atoms with Crippen LogP contribution in [0.2, 0.25) is 0 Å². The third-order valence-corrected chi connectivity index (χ3v) is 5.64. The highest BCUT2D eigenvalue weighted by Crippen LogP contribution is 2.30. The summed E-state index contributed by atoms with van der Waals surface area (Å²) in [5.74, 6) is 2.20. The summed E-state index contributed by atoms with van der Waals surface area (Å²) in [5, 5.41) is 7.39. The summed E-state index contributed by atoms with van der Waals surface area (Å²) in [4.78, 5) is 17.1. The van der Waals surface area contributed by atoms with E-state index in [-0.39, 0.29) is 6.61 Å². The second-order valence-electron chi connectivity index (χ2n) is 7.69. The van der Waals surface area contributed by atoms with Gasteiger partial charge in [-0.05, 0) is 36.8 Å². The zero-order chi connectivity index (χ0) is 22.8. The number of nitrogens with one attached hydrogen (secondary N) is 1. The van der Waals surface area contributed by atoms with Crippen molar-refractivity contribution in [2.24, 2.45) is 0 Å². The number of methoxy groups -OCH3 is 1. The number of nitrogens with zero attached hydrogens (tertiary/aromatic N) is 4. The van der Waals surface area contributed by atoms with Crippen molar-refractivity contribution in [2.75, 3.05) is 19.0 Å². The molecule has 1 amide bonds. The number of carbonyl (C=O) groups is 1. The molecule has 170 valence electrons. The van der Waals surface area contributed by atoms with Crippen molar-refractivity contribution in [2.45, 2.75) is 33.2 Å². The first kappa shape index (κ1) is 21.0. The summed E-state index contributed by atoms with van der Waals surface area (Å²) in [7, 11) is 1.62. The van der Waals surface area contributed by atoms with Crippen LogP contribution in [-0.2, 0) is 35.8 Å². The Balaban J connectivity index is 1.28. The number of rotatable bonds is 6. The number of aromatic nitrogens is 4. The van der Waals surface area contributed by atoms with Crippen LogP contribution in [0.4, 0.5) is 10.6 Å². The maximum atomic E-state index is 12.5. The smallest absolute Gasteiger partial charge is 0.413 e. The number of aryl methyl sites for hydroxylation is 1. The molecule has 0 unspecified atom stereocenters. The number of carbonyl (C=O) groups excluding carboxylic acids is 1. The van der Waals surface area contributed by atoms with E-state index in [0.29, 0.717) is 31.3 Å². The number of imidazole rings is 1. The molecule has 4 aromatic rings. The Labute approximate surface area is 190 Å². The van der Waals surface area contributed by atoms with Crippen LogP contribution in [0.5, 0.6) is 5.75 Å². The fraction of sp³-hybridized carbons (Fsp3) is 0.292. The molecule has 0 fully saturated rings. The van der Waals surface area contributed by atoms with E-state index in [4.69, 9.17) is 14.2 Å². The van der Waals surface area contributed by atoms with E-state index in [1.54, 1.807) is 11.8 Å². The molecule has 1 aliphatic heterocycles. The number of hydrogen-bond acceptors (Lipinski definition) is 6. The van der Waals surface area contributed by atoms with Crippen LogP contribution in [0.25, 0.3) is 22.3 Å². The van der Waals surface area contributed by atoms with Crippen LogP contribution in [0.3, 0.4) is 0 Å². The minimum atomic E-state index is -0.547. The molecule has 2 aromatic carbocycles. The topological polar surface area (TPSA) is 92.4 Å². The average Bonchev–Trinajstić information content (AvgIpc) is 3.43. The molecule has 3 heterocycles. The third kappa shape index (κ3) is 4.14. The van der Waals surface area contributed by atoms with Crippen molar-refractivity contribution < 1.29 is 19.0 Å². The fourth-order valence-electron chi connectivity index (χ4n) is 4.03. The van der Waals surface area contributed by atoms with Crippen molar-refractivity contribution in [1.29, 1.82) is 0 Å². The fourth-order valence-corrected chi connectivity index (χ4v) is 4.03. The summed E-state index contributed by atoms with van der Waals surface area (Å²) in [6.45, 7) is 4.70. The number of benzene rings is 2. The first-order chi connectivity index (χ1) is 16.2. The minimum absolute atomic E-state index is 0.139. The minimum Gasteiger partial charge on any atom is -0.496 e. The molecular weight excluding hydrogens is 422 g/mol. The monoisotopic (exact) mass is 447 g/mol. The zero-order valence-electron chi connectivity index (χ0n) is 18.6. The van der Waals surface area contributed by atoms with Gasteiger partial charge in [0.05, 0.1) is 30.4 Å². The van der Waals surface area contributed by atoms with Crippen molar-refractivity contribution in [3.63, 3.8) is 0 Å². The molecule has 0 saturated heterocycles. The van der Waals surface area contributed by atoms with Gasteiger partial charge in [0.15, 0.2) is 0 Å². The highest BCUT2D eigenvalue weighted by atomic mass is 16.5. The van der Waals surface area contributed by atoms with Gasteiger partial charge in [0.1, 0.15) is 30.6 Å². The Morgan fingerprint density at radius 1 is 1.21 bits per heavy atom. The largest absolute Gasteiger partial charge is 0.496 e. The first-order valence-electron chi connectivity index (χ1n) is 10.9. The number of fused-ring (bicyclic) bond motifs is 3. The molecule has 0 atom stereocenters. The van der Waals surface area contributed by atoms with E-state index < -0.39 is 6.09 Å². The summed E-state index contributed by atoms with van der Waals surface area (Å²) >= 11 is 0. The molecule has 2 aromatic heterocycles. The molecule has 9 nitrogen and oxygen atoms in total. The molecule has 0 saturated carbocycles. The molecule has 5 rings (SSSR count). The number of anilines is 1. The number of para-hydroxylation sites is 1. The summed E-state index contributed by atoms with van der Waals surface area (Å²) in [6, 6.07) is 15.4. The molecule has 0 aliphatic carbocycles. The Morgan fingerprint density at radius 2 is 2.09 bits per heavy atom. The molecule has 9 heteroatoms. The molecule has 33 heavy (non-hydrogen) atoms. The van der Waals surface area contributed by atoms with E-state index in [1.807, 2.05) is 55.5 Å². The van der Waals surface area contributed by atoms with Crippen LogP contribution in [0.15, 0.2) is 48.5 Å². The van der Waals surface area contributed by atoms with Crippen molar-refractivity contribution >= 4 is 22.9 Å². The highest BCUT2D eigenvalue weighted by molar-refractivity contribution is 5.85. The molecule has 1 aliphatic rings. The number of hydrogen-bond donors (Lipinski definition) is 1. The Kier molecular flexibility index (Phi) is 5.70. The quantitative estimate of drug-likeness (QED) is 0.476. The van der Waals surface area contributed by atoms with Crippen molar-refractivity contribution in [3.05, 3.63) is 59.9 Å². The van der Waals surface area contributed by atoms with E-state index >= 15 is 0 Å².